The molecule has 25 heavy (non-hydrogen) atoms. The van der Waals surface area contributed by atoms with E-state index in [-0.39, 0.29) is 6.54 Å². The van der Waals surface area contributed by atoms with Gasteiger partial charge in [0, 0.05) is 30.9 Å². The largest absolute Gasteiger partial charge is 0.444 e. The Morgan fingerprint density at radius 2 is 1.84 bits per heavy atom. The summed E-state index contributed by atoms with van der Waals surface area (Å²) in [5.41, 5.74) is 1.03. The highest BCUT2D eigenvalue weighted by Crippen LogP contribution is 2.30. The van der Waals surface area contributed by atoms with Crippen LogP contribution in [0.3, 0.4) is 0 Å². The zero-order valence-electron chi connectivity index (χ0n) is 15.4. The third kappa shape index (κ3) is 5.90. The number of carbonyl (C=O) groups is 1. The molecule has 0 bridgehead atoms. The zero-order chi connectivity index (χ0) is 18.4. The second kappa shape index (κ2) is 8.54. The van der Waals surface area contributed by atoms with Crippen LogP contribution in [0.25, 0.3) is 0 Å². The molecule has 1 aliphatic heterocycles. The van der Waals surface area contributed by atoms with Crippen LogP contribution in [0.2, 0.25) is 0 Å². The number of rotatable bonds is 5. The molecule has 1 aliphatic rings. The van der Waals surface area contributed by atoms with E-state index in [2.05, 4.69) is 10.2 Å². The summed E-state index contributed by atoms with van der Waals surface area (Å²) in [6.07, 6.45) is 0.693. The highest BCUT2D eigenvalue weighted by molar-refractivity contribution is 5.67. The fourth-order valence-corrected chi connectivity index (χ4v) is 2.98. The van der Waals surface area contributed by atoms with Gasteiger partial charge in [0.2, 0.25) is 0 Å². The maximum absolute atomic E-state index is 11.7. The van der Waals surface area contributed by atoms with Gasteiger partial charge >= 0.3 is 6.09 Å². The molecule has 0 spiro atoms. The number of anilines is 1. The minimum absolute atomic E-state index is 0.0790. The lowest BCUT2D eigenvalue weighted by atomic mass is 10.00. The molecule has 0 aromatic heterocycles. The number of para-hydroxylation sites is 1. The normalized spacial score (nSPS) is 17.7. The Morgan fingerprint density at radius 1 is 1.20 bits per heavy atom. The van der Waals surface area contributed by atoms with E-state index in [1.807, 2.05) is 24.3 Å². The van der Waals surface area contributed by atoms with Crippen LogP contribution in [0, 0.1) is 0 Å². The van der Waals surface area contributed by atoms with Crippen molar-refractivity contribution in [1.29, 1.82) is 0 Å². The Balaban J connectivity index is 1.99. The Bertz CT molecular complexity index is 565. The molecule has 2 rings (SSSR count). The van der Waals surface area contributed by atoms with Crippen molar-refractivity contribution in [3.8, 4) is 0 Å². The lowest BCUT2D eigenvalue weighted by Crippen LogP contribution is -2.39. The van der Waals surface area contributed by atoms with Crippen LogP contribution in [0.1, 0.15) is 51.7 Å². The molecule has 0 radical (unpaired) electrons. The molecule has 0 aliphatic carbocycles. The third-order valence-electron chi connectivity index (χ3n) is 4.17. The first-order valence-electron chi connectivity index (χ1n) is 8.95. The van der Waals surface area contributed by atoms with E-state index in [0.717, 1.165) is 31.6 Å². The van der Waals surface area contributed by atoms with Gasteiger partial charge in [-0.2, -0.15) is 0 Å². The van der Waals surface area contributed by atoms with Gasteiger partial charge in [-0.25, -0.2) is 4.79 Å². The fraction of sp³-hybridized carbons (Fsp3) is 0.632. The van der Waals surface area contributed by atoms with Crippen LogP contribution in [0.15, 0.2) is 24.3 Å². The van der Waals surface area contributed by atoms with Crippen LogP contribution in [-0.2, 0) is 4.74 Å². The number of carbonyl (C=O) groups excluding carboxylic acids is 1. The van der Waals surface area contributed by atoms with E-state index in [9.17, 15) is 15.0 Å². The average Bonchev–Trinajstić information content (AvgIpc) is 2.58. The molecular formula is C19H30N2O4. The van der Waals surface area contributed by atoms with E-state index >= 15 is 0 Å². The van der Waals surface area contributed by atoms with Crippen molar-refractivity contribution in [2.75, 3.05) is 24.5 Å². The summed E-state index contributed by atoms with van der Waals surface area (Å²) < 4.78 is 5.14. The van der Waals surface area contributed by atoms with Gasteiger partial charge in [-0.15, -0.1) is 0 Å². The summed E-state index contributed by atoms with van der Waals surface area (Å²) in [6.45, 7) is 7.14. The summed E-state index contributed by atoms with van der Waals surface area (Å²) in [6, 6.07) is 7.58. The van der Waals surface area contributed by atoms with Crippen LogP contribution in [0.4, 0.5) is 10.5 Å². The van der Waals surface area contributed by atoms with Gasteiger partial charge in [0.15, 0.2) is 0 Å². The van der Waals surface area contributed by atoms with Crippen LogP contribution in [0.5, 0.6) is 0 Å². The van der Waals surface area contributed by atoms with E-state index in [0.29, 0.717) is 5.56 Å². The van der Waals surface area contributed by atoms with Crippen molar-refractivity contribution in [3.05, 3.63) is 29.8 Å². The number of aliphatic hydroxyl groups excluding tert-OH is 2. The molecule has 1 aromatic rings. The molecule has 1 fully saturated rings. The number of piperidine rings is 1. The quantitative estimate of drug-likeness (QED) is 0.760. The Hall–Kier alpha value is -1.79. The molecule has 140 valence electrons. The number of nitrogens with zero attached hydrogens (tertiary/aromatic N) is 1. The van der Waals surface area contributed by atoms with Gasteiger partial charge < -0.3 is 25.2 Å². The predicted octanol–water partition coefficient (Wildman–Crippen LogP) is 2.60. The van der Waals surface area contributed by atoms with Crippen LogP contribution in [-0.4, -0.2) is 47.6 Å². The SMILES string of the molecule is CC(C)(C)OC(=O)NCC(O)C(O)c1ccccc1N1CCCCC1. The molecule has 1 heterocycles. The van der Waals surface area contributed by atoms with E-state index in [4.69, 9.17) is 4.74 Å². The molecular weight excluding hydrogens is 320 g/mol. The van der Waals surface area contributed by atoms with Crippen molar-refractivity contribution in [3.63, 3.8) is 0 Å². The topological polar surface area (TPSA) is 82.0 Å². The second-order valence-corrected chi connectivity index (χ2v) is 7.50. The highest BCUT2D eigenvalue weighted by Gasteiger charge is 2.25. The number of hydrogen-bond acceptors (Lipinski definition) is 5. The molecule has 2 atom stereocenters. The van der Waals surface area contributed by atoms with Crippen molar-refractivity contribution < 1.29 is 19.7 Å². The van der Waals surface area contributed by atoms with Crippen LogP contribution >= 0.6 is 0 Å². The molecule has 2 unspecified atom stereocenters. The molecule has 3 N–H and O–H groups in total. The third-order valence-corrected chi connectivity index (χ3v) is 4.17. The number of amides is 1. The number of hydrogen-bond donors (Lipinski definition) is 3. The van der Waals surface area contributed by atoms with Crippen molar-refractivity contribution in [1.82, 2.24) is 5.32 Å². The zero-order valence-corrected chi connectivity index (χ0v) is 15.4. The van der Waals surface area contributed by atoms with Crippen molar-refractivity contribution in [2.45, 2.75) is 57.8 Å². The van der Waals surface area contributed by atoms with Crippen molar-refractivity contribution >= 4 is 11.8 Å². The van der Waals surface area contributed by atoms with Gasteiger partial charge in [-0.1, -0.05) is 18.2 Å². The van der Waals surface area contributed by atoms with Gasteiger partial charge in [0.25, 0.3) is 0 Å². The molecule has 6 nitrogen and oxygen atoms in total. The Morgan fingerprint density at radius 3 is 2.48 bits per heavy atom. The summed E-state index contributed by atoms with van der Waals surface area (Å²) in [4.78, 5) is 13.9. The fourth-order valence-electron chi connectivity index (χ4n) is 2.98. The predicted molar refractivity (Wildman–Crippen MR) is 97.7 cm³/mol. The summed E-state index contributed by atoms with van der Waals surface area (Å²) in [5, 5.41) is 23.4. The van der Waals surface area contributed by atoms with E-state index in [1.54, 1.807) is 20.8 Å². The van der Waals surface area contributed by atoms with Crippen molar-refractivity contribution in [2.24, 2.45) is 0 Å². The molecule has 0 saturated carbocycles. The first kappa shape index (κ1) is 19.5. The minimum Gasteiger partial charge on any atom is -0.444 e. The maximum atomic E-state index is 11.7. The lowest BCUT2D eigenvalue weighted by molar-refractivity contribution is 0.0131. The summed E-state index contributed by atoms with van der Waals surface area (Å²) in [5.74, 6) is 0. The molecule has 1 amide bonds. The lowest BCUT2D eigenvalue weighted by Gasteiger charge is -2.32. The smallest absolute Gasteiger partial charge is 0.407 e. The van der Waals surface area contributed by atoms with Gasteiger partial charge in [-0.3, -0.25) is 0 Å². The van der Waals surface area contributed by atoms with E-state index in [1.165, 1.54) is 6.42 Å². The Labute approximate surface area is 149 Å². The monoisotopic (exact) mass is 350 g/mol. The summed E-state index contributed by atoms with van der Waals surface area (Å²) >= 11 is 0. The molecule has 6 heteroatoms. The number of ether oxygens (including phenoxy) is 1. The number of nitrogens with one attached hydrogen (secondary N) is 1. The van der Waals surface area contributed by atoms with E-state index < -0.39 is 23.9 Å². The molecule has 1 saturated heterocycles. The average molecular weight is 350 g/mol. The number of benzene rings is 1. The van der Waals surface area contributed by atoms with Gasteiger partial charge in [0.1, 0.15) is 17.8 Å². The standard InChI is InChI=1S/C19H30N2O4/c1-19(2,3)25-18(24)20-13-16(22)17(23)14-9-5-6-10-15(14)21-11-7-4-8-12-21/h5-6,9-10,16-17,22-23H,4,7-8,11-13H2,1-3H3,(H,20,24). The van der Waals surface area contributed by atoms with Crippen LogP contribution < -0.4 is 10.2 Å². The maximum Gasteiger partial charge on any atom is 0.407 e. The van der Waals surface area contributed by atoms with Gasteiger partial charge in [0.05, 0.1) is 0 Å². The second-order valence-electron chi connectivity index (χ2n) is 7.50. The van der Waals surface area contributed by atoms with Gasteiger partial charge in [-0.05, 0) is 46.1 Å². The minimum atomic E-state index is -1.11. The summed E-state index contributed by atoms with van der Waals surface area (Å²) in [7, 11) is 0. The first-order valence-corrected chi connectivity index (χ1v) is 8.95. The highest BCUT2D eigenvalue weighted by atomic mass is 16.6. The number of alkyl carbamates (subject to hydrolysis) is 1. The Kier molecular flexibility index (Phi) is 6.67. The first-order chi connectivity index (χ1) is 11.8. The molecule has 1 aromatic carbocycles. The number of aliphatic hydroxyl groups is 2.